The Morgan fingerprint density at radius 1 is 1.40 bits per heavy atom. The Bertz CT molecular complexity index is 598. The van der Waals surface area contributed by atoms with Gasteiger partial charge in [-0.1, -0.05) is 0 Å². The topological polar surface area (TPSA) is 67.1 Å². The zero-order chi connectivity index (χ0) is 13.9. The van der Waals surface area contributed by atoms with Crippen LogP contribution in [0.2, 0.25) is 0 Å². The number of hydrogen-bond acceptors (Lipinski definition) is 5. The Hall–Kier alpha value is -1.88. The van der Waals surface area contributed by atoms with E-state index >= 15 is 0 Å². The summed E-state index contributed by atoms with van der Waals surface area (Å²) < 4.78 is 0. The molecule has 0 bridgehead atoms. The molecule has 1 aliphatic heterocycles. The summed E-state index contributed by atoms with van der Waals surface area (Å²) in [6.07, 6.45) is 4.16. The van der Waals surface area contributed by atoms with Gasteiger partial charge in [0.1, 0.15) is 12.1 Å². The van der Waals surface area contributed by atoms with Crippen LogP contribution in [0.5, 0.6) is 0 Å². The summed E-state index contributed by atoms with van der Waals surface area (Å²) in [5.74, 6) is 1.59. The Kier molecular flexibility index (Phi) is 3.69. The van der Waals surface area contributed by atoms with Crippen LogP contribution >= 0.6 is 0 Å². The summed E-state index contributed by atoms with van der Waals surface area (Å²) in [6.45, 7) is 3.33. The molecule has 5 nitrogen and oxygen atoms in total. The lowest BCUT2D eigenvalue weighted by Gasteiger charge is -2.29. The third-order valence-electron chi connectivity index (χ3n) is 3.94. The van der Waals surface area contributed by atoms with Gasteiger partial charge in [0.15, 0.2) is 0 Å². The highest BCUT2D eigenvalue weighted by molar-refractivity contribution is 5.90. The van der Waals surface area contributed by atoms with E-state index in [1.807, 2.05) is 18.2 Å². The highest BCUT2D eigenvalue weighted by Gasteiger charge is 2.17. The van der Waals surface area contributed by atoms with Crippen molar-refractivity contribution in [2.45, 2.75) is 12.8 Å². The largest absolute Gasteiger partial charge is 0.399 e. The highest BCUT2D eigenvalue weighted by atomic mass is 15.1. The van der Waals surface area contributed by atoms with Crippen molar-refractivity contribution >= 4 is 22.4 Å². The smallest absolute Gasteiger partial charge is 0.137 e. The molecular weight excluding hydrogens is 250 g/mol. The number of hydrogen-bond donors (Lipinski definition) is 2. The van der Waals surface area contributed by atoms with Gasteiger partial charge in [0.25, 0.3) is 0 Å². The van der Waals surface area contributed by atoms with Crippen molar-refractivity contribution in [3.63, 3.8) is 0 Å². The van der Waals surface area contributed by atoms with Crippen LogP contribution in [0.4, 0.5) is 11.5 Å². The lowest BCUT2D eigenvalue weighted by Crippen LogP contribution is -2.35. The molecule has 1 fully saturated rings. The number of benzene rings is 1. The monoisotopic (exact) mass is 271 g/mol. The molecule has 1 aliphatic rings. The molecule has 0 aliphatic carbocycles. The van der Waals surface area contributed by atoms with Gasteiger partial charge in [-0.15, -0.1) is 0 Å². The van der Waals surface area contributed by atoms with E-state index in [4.69, 9.17) is 5.73 Å². The summed E-state index contributed by atoms with van der Waals surface area (Å²) in [4.78, 5) is 11.0. The number of likely N-dealkylation sites (tertiary alicyclic amines) is 1. The van der Waals surface area contributed by atoms with Gasteiger partial charge in [-0.25, -0.2) is 9.97 Å². The van der Waals surface area contributed by atoms with Gasteiger partial charge < -0.3 is 16.0 Å². The molecule has 1 atom stereocenters. The molecule has 2 aromatic rings. The minimum Gasteiger partial charge on any atom is -0.399 e. The second-order valence-electron chi connectivity index (χ2n) is 5.65. The average Bonchev–Trinajstić information content (AvgIpc) is 2.44. The fourth-order valence-corrected chi connectivity index (χ4v) is 2.90. The first-order valence-corrected chi connectivity index (χ1v) is 7.15. The number of nitrogens with zero attached hydrogens (tertiary/aromatic N) is 3. The number of anilines is 2. The van der Waals surface area contributed by atoms with Crippen LogP contribution in [0.15, 0.2) is 24.5 Å². The normalized spacial score (nSPS) is 20.1. The molecule has 1 unspecified atom stereocenters. The summed E-state index contributed by atoms with van der Waals surface area (Å²) in [7, 11) is 2.19. The van der Waals surface area contributed by atoms with Crippen LogP contribution in [0, 0.1) is 5.92 Å². The van der Waals surface area contributed by atoms with Crippen LogP contribution in [0.25, 0.3) is 10.9 Å². The first-order chi connectivity index (χ1) is 9.72. The number of piperidine rings is 1. The average molecular weight is 271 g/mol. The molecule has 0 spiro atoms. The first kappa shape index (κ1) is 13.1. The molecule has 2 heterocycles. The van der Waals surface area contributed by atoms with Gasteiger partial charge >= 0.3 is 0 Å². The molecule has 0 amide bonds. The molecule has 1 saturated heterocycles. The Labute approximate surface area is 119 Å². The van der Waals surface area contributed by atoms with Crippen molar-refractivity contribution in [1.82, 2.24) is 14.9 Å². The maximum absolute atomic E-state index is 5.79. The second kappa shape index (κ2) is 5.63. The van der Waals surface area contributed by atoms with Crippen molar-refractivity contribution in [2.75, 3.05) is 37.7 Å². The van der Waals surface area contributed by atoms with E-state index in [0.29, 0.717) is 5.92 Å². The Morgan fingerprint density at radius 2 is 2.30 bits per heavy atom. The SMILES string of the molecule is CN1CCCC(CNc2ncnc3cc(N)ccc23)C1. The summed E-state index contributed by atoms with van der Waals surface area (Å²) in [5.41, 5.74) is 7.42. The van der Waals surface area contributed by atoms with Crippen molar-refractivity contribution in [2.24, 2.45) is 5.92 Å². The molecule has 5 heteroatoms. The first-order valence-electron chi connectivity index (χ1n) is 7.15. The number of rotatable bonds is 3. The van der Waals surface area contributed by atoms with Crippen LogP contribution < -0.4 is 11.1 Å². The number of nitrogen functional groups attached to an aromatic ring is 1. The van der Waals surface area contributed by atoms with Gasteiger partial charge in [0.05, 0.1) is 5.52 Å². The molecule has 1 aromatic carbocycles. The number of aromatic nitrogens is 2. The van der Waals surface area contributed by atoms with E-state index in [2.05, 4.69) is 27.2 Å². The minimum absolute atomic E-state index is 0.688. The molecule has 0 radical (unpaired) electrons. The van der Waals surface area contributed by atoms with Crippen LogP contribution in [0.3, 0.4) is 0 Å². The molecule has 106 valence electrons. The fraction of sp³-hybridized carbons (Fsp3) is 0.467. The number of nitrogens with two attached hydrogens (primary N) is 1. The predicted octanol–water partition coefficient (Wildman–Crippen LogP) is 1.97. The Balaban J connectivity index is 1.74. The second-order valence-corrected chi connectivity index (χ2v) is 5.65. The van der Waals surface area contributed by atoms with Crippen LogP contribution in [0.1, 0.15) is 12.8 Å². The van der Waals surface area contributed by atoms with Gasteiger partial charge in [0.2, 0.25) is 0 Å². The quantitative estimate of drug-likeness (QED) is 0.835. The van der Waals surface area contributed by atoms with E-state index < -0.39 is 0 Å². The van der Waals surface area contributed by atoms with E-state index in [9.17, 15) is 0 Å². The lowest BCUT2D eigenvalue weighted by atomic mass is 9.98. The van der Waals surface area contributed by atoms with Crippen molar-refractivity contribution in [3.8, 4) is 0 Å². The zero-order valence-electron chi connectivity index (χ0n) is 11.8. The zero-order valence-corrected chi connectivity index (χ0v) is 11.8. The predicted molar refractivity (Wildman–Crippen MR) is 82.7 cm³/mol. The van der Waals surface area contributed by atoms with Crippen LogP contribution in [-0.4, -0.2) is 41.5 Å². The highest BCUT2D eigenvalue weighted by Crippen LogP contribution is 2.22. The molecule has 0 saturated carbocycles. The summed E-state index contributed by atoms with van der Waals surface area (Å²) >= 11 is 0. The van der Waals surface area contributed by atoms with Gasteiger partial charge in [-0.3, -0.25) is 0 Å². The lowest BCUT2D eigenvalue weighted by molar-refractivity contribution is 0.217. The van der Waals surface area contributed by atoms with Gasteiger partial charge in [-0.2, -0.15) is 0 Å². The summed E-state index contributed by atoms with van der Waals surface area (Å²) in [6, 6.07) is 5.77. The van der Waals surface area contributed by atoms with Gasteiger partial charge in [0, 0.05) is 24.2 Å². The van der Waals surface area contributed by atoms with E-state index in [0.717, 1.165) is 35.5 Å². The van der Waals surface area contributed by atoms with Gasteiger partial charge in [-0.05, 0) is 50.6 Å². The van der Waals surface area contributed by atoms with Crippen molar-refractivity contribution < 1.29 is 0 Å². The standard InChI is InChI=1S/C15H21N5/c1-20-6-2-3-11(9-20)8-17-15-13-5-4-12(16)7-14(13)18-10-19-15/h4-5,7,10-11H,2-3,6,8-9,16H2,1H3,(H,17,18,19). The Morgan fingerprint density at radius 3 is 3.15 bits per heavy atom. The maximum atomic E-state index is 5.79. The van der Waals surface area contributed by atoms with E-state index in [1.165, 1.54) is 19.4 Å². The molecular formula is C15H21N5. The van der Waals surface area contributed by atoms with Crippen molar-refractivity contribution in [1.29, 1.82) is 0 Å². The van der Waals surface area contributed by atoms with Crippen molar-refractivity contribution in [3.05, 3.63) is 24.5 Å². The molecule has 3 N–H and O–H groups in total. The van der Waals surface area contributed by atoms with Crippen LogP contribution in [-0.2, 0) is 0 Å². The fourth-order valence-electron chi connectivity index (χ4n) is 2.90. The third kappa shape index (κ3) is 2.82. The molecule has 20 heavy (non-hydrogen) atoms. The molecule has 1 aromatic heterocycles. The number of nitrogens with one attached hydrogen (secondary N) is 1. The van der Waals surface area contributed by atoms with E-state index in [1.54, 1.807) is 6.33 Å². The number of fused-ring (bicyclic) bond motifs is 1. The summed E-state index contributed by atoms with van der Waals surface area (Å²) in [5, 5.41) is 4.51. The molecule has 3 rings (SSSR count). The van der Waals surface area contributed by atoms with E-state index in [-0.39, 0.29) is 0 Å². The maximum Gasteiger partial charge on any atom is 0.137 e. The minimum atomic E-state index is 0.688. The third-order valence-corrected chi connectivity index (χ3v) is 3.94.